The van der Waals surface area contributed by atoms with E-state index >= 15 is 0 Å². The van der Waals surface area contributed by atoms with Crippen LogP contribution in [-0.4, -0.2) is 17.9 Å². The van der Waals surface area contributed by atoms with Crippen LogP contribution in [0.25, 0.3) is 11.3 Å². The van der Waals surface area contributed by atoms with Gasteiger partial charge < -0.3 is 0 Å². The number of nitrogens with zero attached hydrogens (tertiary/aromatic N) is 3. The molecule has 0 unspecified atom stereocenters. The average molecular weight is 390 g/mol. The second kappa shape index (κ2) is 7.02. The van der Waals surface area contributed by atoms with Crippen LogP contribution in [0, 0.1) is 5.82 Å². The van der Waals surface area contributed by atoms with Crippen LogP contribution in [0.15, 0.2) is 68.5 Å². The van der Waals surface area contributed by atoms with Crippen LogP contribution in [0.1, 0.15) is 5.56 Å². The van der Waals surface area contributed by atoms with Crippen molar-refractivity contribution in [2.45, 2.75) is 0 Å². The molecule has 23 heavy (non-hydrogen) atoms. The van der Waals surface area contributed by atoms with Crippen molar-refractivity contribution in [1.82, 2.24) is 4.68 Å². The van der Waals surface area contributed by atoms with Crippen molar-refractivity contribution in [3.05, 3.63) is 74.6 Å². The molecule has 0 fully saturated rings. The number of hydrogen-bond acceptors (Lipinski definition) is 3. The largest absolute Gasteiger partial charge is 0.261 e. The van der Waals surface area contributed by atoms with Crippen molar-refractivity contribution in [1.29, 1.82) is 0 Å². The molecule has 0 N–H and O–H groups in total. The van der Waals surface area contributed by atoms with Gasteiger partial charge in [0.25, 0.3) is 0 Å². The maximum atomic E-state index is 13.8. The van der Waals surface area contributed by atoms with Crippen LogP contribution < -0.4 is 4.80 Å². The topological polar surface area (TPSA) is 29.6 Å². The summed E-state index contributed by atoms with van der Waals surface area (Å²) in [4.78, 5) is 4.98. The van der Waals surface area contributed by atoms with Gasteiger partial charge in [0.15, 0.2) is 0 Å². The lowest BCUT2D eigenvalue weighted by molar-refractivity contribution is 0.625. The molecule has 0 saturated heterocycles. The minimum Gasteiger partial charge on any atom is -0.261 e. The van der Waals surface area contributed by atoms with Gasteiger partial charge in [-0.05, 0) is 12.1 Å². The molecule has 3 rings (SSSR count). The maximum Gasteiger partial charge on any atom is 0.205 e. The van der Waals surface area contributed by atoms with Crippen LogP contribution in [0.2, 0.25) is 0 Å². The van der Waals surface area contributed by atoms with E-state index in [0.29, 0.717) is 5.56 Å². The molecule has 1 aromatic heterocycles. The number of halogens is 2. The summed E-state index contributed by atoms with van der Waals surface area (Å²) in [5.41, 5.74) is 2.34. The molecule has 0 spiro atoms. The summed E-state index contributed by atoms with van der Waals surface area (Å²) < 4.78 is 16.4. The van der Waals surface area contributed by atoms with E-state index in [-0.39, 0.29) is 5.82 Å². The van der Waals surface area contributed by atoms with E-state index in [4.69, 9.17) is 0 Å². The fraction of sp³-hybridized carbons (Fsp3) is 0.0588. The zero-order chi connectivity index (χ0) is 16.2. The lowest BCUT2D eigenvalue weighted by Gasteiger charge is -2.05. The molecule has 0 aliphatic heterocycles. The van der Waals surface area contributed by atoms with Gasteiger partial charge in [0.05, 0.1) is 11.9 Å². The molecule has 1 heterocycles. The highest BCUT2D eigenvalue weighted by Crippen LogP contribution is 2.28. The van der Waals surface area contributed by atoms with E-state index in [1.807, 2.05) is 29.6 Å². The Balaban J connectivity index is 2.11. The van der Waals surface area contributed by atoms with Gasteiger partial charge in [-0.3, -0.25) is 4.99 Å². The lowest BCUT2D eigenvalue weighted by atomic mass is 10.2. The molecule has 3 aromatic rings. The number of rotatable bonds is 3. The van der Waals surface area contributed by atoms with Crippen molar-refractivity contribution in [2.75, 3.05) is 7.05 Å². The van der Waals surface area contributed by atoms with Crippen LogP contribution in [0.3, 0.4) is 0 Å². The monoisotopic (exact) mass is 389 g/mol. The molecule has 0 aliphatic carbocycles. The third-order valence-corrected chi connectivity index (χ3v) is 4.84. The van der Waals surface area contributed by atoms with Crippen molar-refractivity contribution in [3.8, 4) is 11.3 Å². The van der Waals surface area contributed by atoms with Gasteiger partial charge in [-0.15, -0.1) is 11.3 Å². The first-order valence-electron chi connectivity index (χ1n) is 6.88. The SMILES string of the molecule is CN=c1scc(-c2ccccc2Br)n1/N=C\c1ccccc1F. The molecule has 3 nitrogen and oxygen atoms in total. The van der Waals surface area contributed by atoms with Crippen LogP contribution in [0.4, 0.5) is 4.39 Å². The minimum absolute atomic E-state index is 0.301. The van der Waals surface area contributed by atoms with E-state index < -0.39 is 0 Å². The normalized spacial score (nSPS) is 12.2. The summed E-state index contributed by atoms with van der Waals surface area (Å²) in [6, 6.07) is 14.4. The average Bonchev–Trinajstić information content (AvgIpc) is 2.97. The summed E-state index contributed by atoms with van der Waals surface area (Å²) >= 11 is 5.04. The molecular weight excluding hydrogens is 377 g/mol. The minimum atomic E-state index is -0.301. The maximum absolute atomic E-state index is 13.8. The first-order valence-corrected chi connectivity index (χ1v) is 8.55. The van der Waals surface area contributed by atoms with Gasteiger partial charge in [0.2, 0.25) is 4.80 Å². The van der Waals surface area contributed by atoms with Crippen LogP contribution >= 0.6 is 27.3 Å². The molecule has 0 atom stereocenters. The smallest absolute Gasteiger partial charge is 0.205 e. The first-order chi connectivity index (χ1) is 11.2. The zero-order valence-electron chi connectivity index (χ0n) is 12.3. The summed E-state index contributed by atoms with van der Waals surface area (Å²) in [5.74, 6) is -0.301. The summed E-state index contributed by atoms with van der Waals surface area (Å²) in [6.07, 6.45) is 1.51. The molecule has 0 radical (unpaired) electrons. The van der Waals surface area contributed by atoms with Gasteiger partial charge in [-0.25, -0.2) is 9.07 Å². The van der Waals surface area contributed by atoms with E-state index in [1.165, 1.54) is 23.6 Å². The Morgan fingerprint density at radius 1 is 1.13 bits per heavy atom. The Hall–Kier alpha value is -2.05. The predicted octanol–water partition coefficient (Wildman–Crippen LogP) is 4.53. The third-order valence-electron chi connectivity index (χ3n) is 3.24. The Morgan fingerprint density at radius 3 is 2.61 bits per heavy atom. The molecule has 116 valence electrons. The van der Waals surface area contributed by atoms with Gasteiger partial charge in [-0.2, -0.15) is 5.10 Å². The van der Waals surface area contributed by atoms with Crippen molar-refractivity contribution >= 4 is 33.5 Å². The Labute approximate surface area is 145 Å². The Morgan fingerprint density at radius 2 is 1.87 bits per heavy atom. The molecule has 0 aliphatic rings. The zero-order valence-corrected chi connectivity index (χ0v) is 14.7. The van der Waals surface area contributed by atoms with Gasteiger partial charge in [0.1, 0.15) is 5.82 Å². The van der Waals surface area contributed by atoms with E-state index in [9.17, 15) is 4.39 Å². The van der Waals surface area contributed by atoms with Crippen molar-refractivity contribution < 1.29 is 4.39 Å². The van der Waals surface area contributed by atoms with E-state index in [1.54, 1.807) is 29.9 Å². The summed E-state index contributed by atoms with van der Waals surface area (Å²) in [7, 11) is 1.71. The van der Waals surface area contributed by atoms with Crippen LogP contribution in [-0.2, 0) is 0 Å². The molecule has 0 bridgehead atoms. The second-order valence-electron chi connectivity index (χ2n) is 4.68. The highest BCUT2D eigenvalue weighted by atomic mass is 79.9. The second-order valence-corrected chi connectivity index (χ2v) is 6.38. The highest BCUT2D eigenvalue weighted by molar-refractivity contribution is 9.10. The first kappa shape index (κ1) is 15.8. The molecule has 0 saturated carbocycles. The van der Waals surface area contributed by atoms with Gasteiger partial charge >= 0.3 is 0 Å². The number of thiazole rings is 1. The van der Waals surface area contributed by atoms with Gasteiger partial charge in [0, 0.05) is 28.0 Å². The molecule has 2 aromatic carbocycles. The molecule has 6 heteroatoms. The Kier molecular flexibility index (Phi) is 4.83. The quantitative estimate of drug-likeness (QED) is 0.589. The fourth-order valence-electron chi connectivity index (χ4n) is 2.12. The number of hydrogen-bond donors (Lipinski definition) is 0. The molecular formula is C17H13BrFN3S. The lowest BCUT2D eigenvalue weighted by Crippen LogP contribution is -2.11. The fourth-order valence-corrected chi connectivity index (χ4v) is 3.40. The van der Waals surface area contributed by atoms with Crippen molar-refractivity contribution in [2.24, 2.45) is 10.1 Å². The standard InChI is InChI=1S/C17H13BrFN3S/c1-20-17-22(21-10-12-6-2-5-9-15(12)19)16(11-23-17)13-7-3-4-8-14(13)18/h2-11H,1H3/b20-17?,21-10-. The van der Waals surface area contributed by atoms with Crippen LogP contribution in [0.5, 0.6) is 0 Å². The summed E-state index contributed by atoms with van der Waals surface area (Å²) in [5, 5.41) is 6.42. The predicted molar refractivity (Wildman–Crippen MR) is 96.3 cm³/mol. The van der Waals surface area contributed by atoms with Gasteiger partial charge in [-0.1, -0.05) is 52.3 Å². The van der Waals surface area contributed by atoms with E-state index in [2.05, 4.69) is 26.0 Å². The summed E-state index contributed by atoms with van der Waals surface area (Å²) in [6.45, 7) is 0. The highest BCUT2D eigenvalue weighted by Gasteiger charge is 2.10. The third kappa shape index (κ3) is 3.33. The molecule has 0 amide bonds. The van der Waals surface area contributed by atoms with Crippen molar-refractivity contribution in [3.63, 3.8) is 0 Å². The Bertz CT molecular complexity index is 927. The number of aromatic nitrogens is 1. The number of benzene rings is 2. The van der Waals surface area contributed by atoms with E-state index in [0.717, 1.165) is 20.5 Å².